The van der Waals surface area contributed by atoms with Crippen LogP contribution in [-0.4, -0.2) is 38.8 Å². The Hall–Kier alpha value is -1.87. The Labute approximate surface area is 178 Å². The van der Waals surface area contributed by atoms with E-state index in [1.807, 2.05) is 25.1 Å². The molecule has 0 saturated carbocycles. The van der Waals surface area contributed by atoms with Crippen LogP contribution in [0.2, 0.25) is 5.02 Å². The average molecular weight is 488 g/mol. The van der Waals surface area contributed by atoms with Crippen molar-refractivity contribution in [3.8, 4) is 5.75 Å². The van der Waals surface area contributed by atoms with Gasteiger partial charge in [-0.05, 0) is 46.6 Å². The number of anilines is 1. The minimum atomic E-state index is -3.76. The summed E-state index contributed by atoms with van der Waals surface area (Å²) in [5.41, 5.74) is 1.10. The Kier molecular flexibility index (Phi) is 8.06. The van der Waals surface area contributed by atoms with Crippen LogP contribution in [0.4, 0.5) is 5.69 Å². The van der Waals surface area contributed by atoms with Gasteiger partial charge in [0.2, 0.25) is 15.9 Å². The van der Waals surface area contributed by atoms with E-state index in [1.54, 1.807) is 24.3 Å². The van der Waals surface area contributed by atoms with Gasteiger partial charge in [0.1, 0.15) is 0 Å². The van der Waals surface area contributed by atoms with Crippen molar-refractivity contribution in [1.82, 2.24) is 4.31 Å². The molecule has 0 aliphatic carbocycles. The van der Waals surface area contributed by atoms with E-state index in [9.17, 15) is 13.2 Å². The number of amides is 1. The molecule has 150 valence electrons. The topological polar surface area (TPSA) is 75.7 Å². The fourth-order valence-corrected chi connectivity index (χ4v) is 4.02. The van der Waals surface area contributed by atoms with Gasteiger partial charge in [0, 0.05) is 17.5 Å². The molecular weight excluding hydrogens is 468 g/mol. The number of carbonyl (C=O) groups is 1. The predicted octanol–water partition coefficient (Wildman–Crippen LogP) is 4.37. The summed E-state index contributed by atoms with van der Waals surface area (Å²) in [6.07, 6.45) is 1.48. The van der Waals surface area contributed by atoms with Gasteiger partial charge in [-0.15, -0.1) is 0 Å². The number of benzene rings is 2. The summed E-state index contributed by atoms with van der Waals surface area (Å²) in [7, 11) is -2.42. The van der Waals surface area contributed by atoms with E-state index < -0.39 is 15.9 Å². The molecule has 0 spiro atoms. The number of halogens is 2. The van der Waals surface area contributed by atoms with E-state index in [0.717, 1.165) is 15.3 Å². The third-order valence-electron chi connectivity index (χ3n) is 3.60. The van der Waals surface area contributed by atoms with Gasteiger partial charge < -0.3 is 10.1 Å². The SMILES string of the molecule is CCOc1c(Br)cc(Cl)cc1NC(=O)CN(C)S(=O)(=O)C=Cc1ccccc1. The molecule has 0 fully saturated rings. The Morgan fingerprint density at radius 2 is 1.96 bits per heavy atom. The Balaban J connectivity index is 2.09. The number of hydrogen-bond donors (Lipinski definition) is 1. The number of hydrogen-bond acceptors (Lipinski definition) is 4. The maximum absolute atomic E-state index is 12.4. The van der Waals surface area contributed by atoms with Crippen LogP contribution < -0.4 is 10.1 Å². The molecule has 0 aliphatic heterocycles. The van der Waals surface area contributed by atoms with Gasteiger partial charge in [-0.3, -0.25) is 4.79 Å². The molecule has 6 nitrogen and oxygen atoms in total. The Morgan fingerprint density at radius 3 is 2.61 bits per heavy atom. The molecular formula is C19H20BrClN2O4S. The largest absolute Gasteiger partial charge is 0.491 e. The van der Waals surface area contributed by atoms with Crippen molar-refractivity contribution in [2.45, 2.75) is 6.92 Å². The number of likely N-dealkylation sites (N-methyl/N-ethyl adjacent to an activating group) is 1. The summed E-state index contributed by atoms with van der Waals surface area (Å²) < 4.78 is 31.8. The second kappa shape index (κ2) is 10.1. The van der Waals surface area contributed by atoms with Crippen LogP contribution in [0.25, 0.3) is 6.08 Å². The first kappa shape index (κ1) is 22.4. The summed E-state index contributed by atoms with van der Waals surface area (Å²) in [5.74, 6) is -0.0935. The molecule has 2 aromatic carbocycles. The van der Waals surface area contributed by atoms with Crippen molar-refractivity contribution in [3.63, 3.8) is 0 Å². The van der Waals surface area contributed by atoms with E-state index in [-0.39, 0.29) is 6.54 Å². The fourth-order valence-electron chi connectivity index (χ4n) is 2.26. The highest BCUT2D eigenvalue weighted by atomic mass is 79.9. The van der Waals surface area contributed by atoms with Crippen LogP contribution in [0.1, 0.15) is 12.5 Å². The molecule has 0 radical (unpaired) electrons. The molecule has 0 unspecified atom stereocenters. The van der Waals surface area contributed by atoms with Crippen LogP contribution >= 0.6 is 27.5 Å². The average Bonchev–Trinajstić information content (AvgIpc) is 2.63. The van der Waals surface area contributed by atoms with Crippen molar-refractivity contribution in [2.75, 3.05) is 25.5 Å². The van der Waals surface area contributed by atoms with E-state index in [1.165, 1.54) is 13.1 Å². The van der Waals surface area contributed by atoms with Gasteiger partial charge in [0.15, 0.2) is 5.75 Å². The minimum Gasteiger partial charge on any atom is -0.491 e. The van der Waals surface area contributed by atoms with E-state index in [2.05, 4.69) is 21.2 Å². The third kappa shape index (κ3) is 6.34. The minimum absolute atomic E-state index is 0.358. The first-order chi connectivity index (χ1) is 13.2. The molecule has 0 atom stereocenters. The second-order valence-corrected chi connectivity index (χ2v) is 8.98. The molecule has 0 bridgehead atoms. The van der Waals surface area contributed by atoms with Crippen molar-refractivity contribution < 1.29 is 17.9 Å². The van der Waals surface area contributed by atoms with E-state index in [0.29, 0.717) is 27.5 Å². The summed E-state index contributed by atoms with van der Waals surface area (Å²) in [4.78, 5) is 12.4. The molecule has 0 aromatic heterocycles. The van der Waals surface area contributed by atoms with Crippen molar-refractivity contribution in [3.05, 3.63) is 62.9 Å². The molecule has 28 heavy (non-hydrogen) atoms. The Morgan fingerprint density at radius 1 is 1.29 bits per heavy atom. The fraction of sp³-hybridized carbons (Fsp3) is 0.211. The number of carbonyl (C=O) groups excluding carboxylic acids is 1. The lowest BCUT2D eigenvalue weighted by Gasteiger charge is -2.17. The van der Waals surface area contributed by atoms with Gasteiger partial charge >= 0.3 is 0 Å². The number of ether oxygens (including phenoxy) is 1. The highest BCUT2D eigenvalue weighted by Crippen LogP contribution is 2.36. The second-order valence-electron chi connectivity index (χ2n) is 5.76. The van der Waals surface area contributed by atoms with Gasteiger partial charge in [0.05, 0.1) is 23.3 Å². The number of rotatable bonds is 8. The smallest absolute Gasteiger partial charge is 0.239 e. The molecule has 1 N–H and O–H groups in total. The lowest BCUT2D eigenvalue weighted by molar-refractivity contribution is -0.116. The van der Waals surface area contributed by atoms with Crippen LogP contribution in [0.15, 0.2) is 52.3 Å². The zero-order valence-electron chi connectivity index (χ0n) is 15.4. The number of nitrogens with zero attached hydrogens (tertiary/aromatic N) is 1. The first-order valence-electron chi connectivity index (χ1n) is 8.34. The lowest BCUT2D eigenvalue weighted by Crippen LogP contribution is -2.33. The zero-order chi connectivity index (χ0) is 20.7. The van der Waals surface area contributed by atoms with Gasteiger partial charge in [-0.25, -0.2) is 8.42 Å². The van der Waals surface area contributed by atoms with Gasteiger partial charge in [0.25, 0.3) is 0 Å². The van der Waals surface area contributed by atoms with Crippen LogP contribution in [0.5, 0.6) is 5.75 Å². The summed E-state index contributed by atoms with van der Waals surface area (Å²) >= 11 is 9.37. The molecule has 1 amide bonds. The van der Waals surface area contributed by atoms with E-state index >= 15 is 0 Å². The van der Waals surface area contributed by atoms with Gasteiger partial charge in [-0.1, -0.05) is 41.9 Å². The van der Waals surface area contributed by atoms with Crippen molar-refractivity contribution in [1.29, 1.82) is 0 Å². The summed E-state index contributed by atoms with van der Waals surface area (Å²) in [6, 6.07) is 12.2. The molecule has 0 heterocycles. The predicted molar refractivity (Wildman–Crippen MR) is 116 cm³/mol. The monoisotopic (exact) mass is 486 g/mol. The van der Waals surface area contributed by atoms with Crippen LogP contribution in [0.3, 0.4) is 0 Å². The Bertz CT molecular complexity index is 965. The molecule has 2 aromatic rings. The third-order valence-corrected chi connectivity index (χ3v) is 5.89. The molecule has 2 rings (SSSR count). The molecule has 0 saturated heterocycles. The highest BCUT2D eigenvalue weighted by molar-refractivity contribution is 9.10. The maximum atomic E-state index is 12.4. The first-order valence-corrected chi connectivity index (χ1v) is 11.0. The maximum Gasteiger partial charge on any atom is 0.239 e. The zero-order valence-corrected chi connectivity index (χ0v) is 18.5. The van der Waals surface area contributed by atoms with E-state index in [4.69, 9.17) is 16.3 Å². The summed E-state index contributed by atoms with van der Waals surface area (Å²) in [6.45, 7) is 1.84. The van der Waals surface area contributed by atoms with Crippen molar-refractivity contribution >= 4 is 55.2 Å². The standard InChI is InChI=1S/C19H20BrClN2O4S/c1-3-27-19-16(20)11-15(21)12-17(19)22-18(24)13-23(2)28(25,26)10-9-14-7-5-4-6-8-14/h4-12H,3,13H2,1-2H3,(H,22,24). The summed E-state index contributed by atoms with van der Waals surface area (Å²) in [5, 5.41) is 4.11. The lowest BCUT2D eigenvalue weighted by atomic mass is 10.2. The quantitative estimate of drug-likeness (QED) is 0.600. The van der Waals surface area contributed by atoms with Crippen LogP contribution in [0, 0.1) is 0 Å². The number of nitrogens with one attached hydrogen (secondary N) is 1. The molecule has 0 aliphatic rings. The normalized spacial score (nSPS) is 11.8. The highest BCUT2D eigenvalue weighted by Gasteiger charge is 2.19. The van der Waals surface area contributed by atoms with Crippen molar-refractivity contribution in [2.24, 2.45) is 0 Å². The van der Waals surface area contributed by atoms with Crippen LogP contribution in [-0.2, 0) is 14.8 Å². The van der Waals surface area contributed by atoms with Gasteiger partial charge in [-0.2, -0.15) is 4.31 Å². The number of sulfonamides is 1. The molecule has 9 heteroatoms.